The number of aromatic nitrogens is 2. The van der Waals surface area contributed by atoms with Gasteiger partial charge in [0.05, 0.1) is 29.0 Å². The van der Waals surface area contributed by atoms with E-state index in [0.29, 0.717) is 0 Å². The Labute approximate surface area is 147 Å². The number of ether oxygens (including phenoxy) is 1. The first-order valence-corrected chi connectivity index (χ1v) is 9.30. The predicted octanol–water partition coefficient (Wildman–Crippen LogP) is 2.60. The first kappa shape index (κ1) is 17.4. The van der Waals surface area contributed by atoms with Gasteiger partial charge in [0.15, 0.2) is 5.82 Å². The Kier molecular flexibility index (Phi) is 4.94. The number of nitrogens with zero attached hydrogens (tertiary/aromatic N) is 4. The van der Waals surface area contributed by atoms with Crippen LogP contribution in [0.3, 0.4) is 0 Å². The largest absolute Gasteiger partial charge is 0.385 e. The molecular formula is C17H26N4O2S. The summed E-state index contributed by atoms with van der Waals surface area (Å²) < 4.78 is 6.52. The van der Waals surface area contributed by atoms with Gasteiger partial charge in [-0.25, -0.2) is 4.98 Å². The molecule has 2 aromatic rings. The molecule has 2 aromatic heterocycles. The standard InChI is InChI=1S/C17H26N4O2S/c1-5-6-20(4)16-18-12-11-13(17(2,3)22)24-14(12)15(19-16)21-7-9-23-10-8-21/h11,22H,5-10H2,1-4H3. The number of aliphatic hydroxyl groups is 1. The number of morpholine rings is 1. The average Bonchev–Trinajstić information content (AvgIpc) is 2.99. The van der Waals surface area contributed by atoms with Gasteiger partial charge in [-0.15, -0.1) is 11.3 Å². The van der Waals surface area contributed by atoms with E-state index >= 15 is 0 Å². The fourth-order valence-electron chi connectivity index (χ4n) is 2.80. The lowest BCUT2D eigenvalue weighted by atomic mass is 10.1. The third-order valence-electron chi connectivity index (χ3n) is 4.16. The second kappa shape index (κ2) is 6.82. The molecule has 1 aliphatic heterocycles. The maximum Gasteiger partial charge on any atom is 0.227 e. The lowest BCUT2D eigenvalue weighted by Crippen LogP contribution is -2.37. The van der Waals surface area contributed by atoms with Crippen molar-refractivity contribution in [2.45, 2.75) is 32.8 Å². The van der Waals surface area contributed by atoms with E-state index in [9.17, 15) is 5.11 Å². The summed E-state index contributed by atoms with van der Waals surface area (Å²) in [6.07, 6.45) is 1.04. The lowest BCUT2D eigenvalue weighted by molar-refractivity contribution is 0.0826. The summed E-state index contributed by atoms with van der Waals surface area (Å²) in [6.45, 7) is 9.78. The minimum absolute atomic E-state index is 0.718. The van der Waals surface area contributed by atoms with Crippen molar-refractivity contribution in [2.24, 2.45) is 0 Å². The summed E-state index contributed by atoms with van der Waals surface area (Å²) in [4.78, 5) is 14.9. The molecule has 0 atom stereocenters. The molecule has 1 N–H and O–H groups in total. The molecule has 0 aliphatic carbocycles. The van der Waals surface area contributed by atoms with Crippen molar-refractivity contribution < 1.29 is 9.84 Å². The zero-order chi connectivity index (χ0) is 17.3. The molecule has 3 heterocycles. The van der Waals surface area contributed by atoms with Gasteiger partial charge in [0, 0.05) is 31.6 Å². The highest BCUT2D eigenvalue weighted by atomic mass is 32.1. The summed E-state index contributed by atoms with van der Waals surface area (Å²) >= 11 is 1.58. The van der Waals surface area contributed by atoms with Crippen molar-refractivity contribution >= 4 is 33.3 Å². The van der Waals surface area contributed by atoms with Crippen LogP contribution in [0.1, 0.15) is 32.1 Å². The monoisotopic (exact) mass is 350 g/mol. The molecule has 1 fully saturated rings. The molecule has 1 saturated heterocycles. The van der Waals surface area contributed by atoms with E-state index in [1.807, 2.05) is 27.0 Å². The molecule has 0 unspecified atom stereocenters. The second-order valence-electron chi connectivity index (χ2n) is 6.75. The van der Waals surface area contributed by atoms with E-state index in [0.717, 1.165) is 66.1 Å². The Balaban J connectivity index is 2.11. The van der Waals surface area contributed by atoms with Crippen LogP contribution in [0.15, 0.2) is 6.07 Å². The molecule has 0 radical (unpaired) electrons. The molecule has 0 saturated carbocycles. The van der Waals surface area contributed by atoms with Crippen LogP contribution < -0.4 is 9.80 Å². The van der Waals surface area contributed by atoms with Gasteiger partial charge in [0.25, 0.3) is 0 Å². The van der Waals surface area contributed by atoms with E-state index in [1.165, 1.54) is 0 Å². The van der Waals surface area contributed by atoms with Crippen LogP contribution in [0.4, 0.5) is 11.8 Å². The van der Waals surface area contributed by atoms with Crippen molar-refractivity contribution in [3.8, 4) is 0 Å². The van der Waals surface area contributed by atoms with Crippen molar-refractivity contribution in [1.29, 1.82) is 0 Å². The van der Waals surface area contributed by atoms with E-state index in [4.69, 9.17) is 14.7 Å². The molecule has 24 heavy (non-hydrogen) atoms. The molecular weight excluding hydrogens is 324 g/mol. The summed E-state index contributed by atoms with van der Waals surface area (Å²) in [5.74, 6) is 1.70. The maximum absolute atomic E-state index is 10.4. The topological polar surface area (TPSA) is 61.7 Å². The third-order valence-corrected chi connectivity index (χ3v) is 5.59. The van der Waals surface area contributed by atoms with Crippen molar-refractivity contribution in [2.75, 3.05) is 49.7 Å². The van der Waals surface area contributed by atoms with Gasteiger partial charge in [-0.05, 0) is 26.3 Å². The number of hydrogen-bond donors (Lipinski definition) is 1. The molecule has 6 nitrogen and oxygen atoms in total. The second-order valence-corrected chi connectivity index (χ2v) is 7.80. The lowest BCUT2D eigenvalue weighted by Gasteiger charge is -2.29. The highest BCUT2D eigenvalue weighted by molar-refractivity contribution is 7.19. The number of thiophene rings is 1. The van der Waals surface area contributed by atoms with Gasteiger partial charge < -0.3 is 19.6 Å². The number of hydrogen-bond acceptors (Lipinski definition) is 7. The van der Waals surface area contributed by atoms with Gasteiger partial charge >= 0.3 is 0 Å². The SMILES string of the molecule is CCCN(C)c1nc(N2CCOCC2)c2sc(C(C)(C)O)cc2n1. The summed E-state index contributed by atoms with van der Waals surface area (Å²) in [6, 6.07) is 1.99. The minimum Gasteiger partial charge on any atom is -0.385 e. The molecule has 1 aliphatic rings. The van der Waals surface area contributed by atoms with E-state index in [-0.39, 0.29) is 0 Å². The van der Waals surface area contributed by atoms with Gasteiger partial charge in [0.1, 0.15) is 0 Å². The minimum atomic E-state index is -0.872. The molecule has 0 aromatic carbocycles. The molecule has 3 rings (SSSR count). The van der Waals surface area contributed by atoms with E-state index < -0.39 is 5.60 Å². The highest BCUT2D eigenvalue weighted by Crippen LogP contribution is 2.38. The quantitative estimate of drug-likeness (QED) is 0.894. The molecule has 7 heteroatoms. The average molecular weight is 350 g/mol. The maximum atomic E-state index is 10.4. The molecule has 0 spiro atoms. The van der Waals surface area contributed by atoms with Gasteiger partial charge in [-0.1, -0.05) is 6.92 Å². The Bertz CT molecular complexity index is 704. The summed E-state index contributed by atoms with van der Waals surface area (Å²) in [5.41, 5.74) is 0.0370. The van der Waals surface area contributed by atoms with E-state index in [2.05, 4.69) is 16.7 Å². The van der Waals surface area contributed by atoms with Crippen LogP contribution in [0.25, 0.3) is 10.2 Å². The highest BCUT2D eigenvalue weighted by Gasteiger charge is 2.24. The molecule has 0 amide bonds. The van der Waals surface area contributed by atoms with Gasteiger partial charge in [-0.3, -0.25) is 0 Å². The summed E-state index contributed by atoms with van der Waals surface area (Å²) in [5, 5.41) is 10.4. The smallest absolute Gasteiger partial charge is 0.227 e. The fourth-order valence-corrected chi connectivity index (χ4v) is 3.92. The van der Waals surface area contributed by atoms with Crippen molar-refractivity contribution in [3.63, 3.8) is 0 Å². The Morgan fingerprint density at radius 3 is 2.67 bits per heavy atom. The summed E-state index contributed by atoms with van der Waals surface area (Å²) in [7, 11) is 2.02. The van der Waals surface area contributed by atoms with Crippen molar-refractivity contribution in [1.82, 2.24) is 9.97 Å². The zero-order valence-corrected chi connectivity index (χ0v) is 15.7. The third kappa shape index (κ3) is 3.48. The zero-order valence-electron chi connectivity index (χ0n) is 14.9. The molecule has 0 bridgehead atoms. The van der Waals surface area contributed by atoms with Crippen LogP contribution in [0, 0.1) is 0 Å². The van der Waals surface area contributed by atoms with Crippen LogP contribution in [-0.2, 0) is 10.3 Å². The predicted molar refractivity (Wildman–Crippen MR) is 99.3 cm³/mol. The normalized spacial score (nSPS) is 16.0. The number of anilines is 2. The van der Waals surface area contributed by atoms with Gasteiger partial charge in [-0.2, -0.15) is 4.98 Å². The Morgan fingerprint density at radius 1 is 1.33 bits per heavy atom. The Hall–Kier alpha value is -1.44. The number of fused-ring (bicyclic) bond motifs is 1. The van der Waals surface area contributed by atoms with Crippen LogP contribution in [-0.4, -0.2) is 55.0 Å². The Morgan fingerprint density at radius 2 is 2.04 bits per heavy atom. The fraction of sp³-hybridized carbons (Fsp3) is 0.647. The number of rotatable bonds is 5. The van der Waals surface area contributed by atoms with E-state index in [1.54, 1.807) is 11.3 Å². The molecule has 132 valence electrons. The van der Waals surface area contributed by atoms with Gasteiger partial charge in [0.2, 0.25) is 5.95 Å². The van der Waals surface area contributed by atoms with Crippen molar-refractivity contribution in [3.05, 3.63) is 10.9 Å². The first-order valence-electron chi connectivity index (χ1n) is 8.48. The first-order chi connectivity index (χ1) is 11.4. The van der Waals surface area contributed by atoms with Crippen LogP contribution in [0.5, 0.6) is 0 Å². The van der Waals surface area contributed by atoms with Crippen LogP contribution in [0.2, 0.25) is 0 Å². The van der Waals surface area contributed by atoms with Crippen LogP contribution >= 0.6 is 11.3 Å².